The van der Waals surface area contributed by atoms with E-state index in [2.05, 4.69) is 10.3 Å². The van der Waals surface area contributed by atoms with E-state index in [1.165, 1.54) is 0 Å². The Morgan fingerprint density at radius 2 is 2.12 bits per heavy atom. The van der Waals surface area contributed by atoms with Crippen LogP contribution in [-0.4, -0.2) is 37.8 Å². The molecule has 0 spiro atoms. The molecule has 0 atom stereocenters. The molecule has 17 heavy (non-hydrogen) atoms. The fraction of sp³-hybridized carbons (Fsp3) is 0.727. The number of carbonyl (C=O) groups is 1. The number of carboxylic acid groups (broad SMARTS) is 1. The normalized spacial score (nSPS) is 11.1. The Morgan fingerprint density at radius 1 is 1.41 bits per heavy atom. The average molecular weight is 241 g/mol. The monoisotopic (exact) mass is 241 g/mol. The maximum Gasteiger partial charge on any atom is 0.309 e. The van der Waals surface area contributed by atoms with Gasteiger partial charge in [-0.1, -0.05) is 19.1 Å². The largest absolute Gasteiger partial charge is 0.481 e. The van der Waals surface area contributed by atoms with Crippen molar-refractivity contribution in [2.45, 2.75) is 45.6 Å². The molecule has 6 nitrogen and oxygen atoms in total. The van der Waals surface area contributed by atoms with Crippen LogP contribution in [0.15, 0.2) is 0 Å². The summed E-state index contributed by atoms with van der Waals surface area (Å²) in [6.45, 7) is 4.81. The minimum Gasteiger partial charge on any atom is -0.481 e. The first-order valence-electron chi connectivity index (χ1n) is 5.81. The molecule has 1 aromatic heterocycles. The summed E-state index contributed by atoms with van der Waals surface area (Å²) in [7, 11) is 0. The van der Waals surface area contributed by atoms with Crippen molar-refractivity contribution in [3.8, 4) is 0 Å². The van der Waals surface area contributed by atoms with Gasteiger partial charge in [-0.3, -0.25) is 4.79 Å². The minimum absolute atomic E-state index is 0.0898. The highest BCUT2D eigenvalue weighted by molar-refractivity contribution is 5.69. The Labute approximate surface area is 100 Å². The number of aliphatic carboxylic acids is 1. The standard InChI is InChI=1S/C11H19N3O3/c1-8(2)11-9(7-10(16)17)12-13-14(11)5-3-4-6-15/h8,15H,3-7H2,1-2H3,(H,16,17). The summed E-state index contributed by atoms with van der Waals surface area (Å²) in [4.78, 5) is 10.7. The maximum atomic E-state index is 10.7. The third kappa shape index (κ3) is 3.81. The number of nitrogens with zero attached hydrogens (tertiary/aromatic N) is 3. The van der Waals surface area contributed by atoms with Crippen molar-refractivity contribution in [1.29, 1.82) is 0 Å². The highest BCUT2D eigenvalue weighted by atomic mass is 16.4. The lowest BCUT2D eigenvalue weighted by molar-refractivity contribution is -0.136. The number of rotatable bonds is 7. The number of unbranched alkanes of at least 4 members (excludes halogenated alkanes) is 1. The van der Waals surface area contributed by atoms with Gasteiger partial charge in [-0.15, -0.1) is 5.10 Å². The molecule has 2 N–H and O–H groups in total. The van der Waals surface area contributed by atoms with Crippen LogP contribution in [0.2, 0.25) is 0 Å². The summed E-state index contributed by atoms with van der Waals surface area (Å²) in [5.41, 5.74) is 1.42. The van der Waals surface area contributed by atoms with E-state index >= 15 is 0 Å². The molecular formula is C11H19N3O3. The smallest absolute Gasteiger partial charge is 0.309 e. The zero-order chi connectivity index (χ0) is 12.8. The summed E-state index contributed by atoms with van der Waals surface area (Å²) >= 11 is 0. The van der Waals surface area contributed by atoms with Gasteiger partial charge in [0.1, 0.15) is 0 Å². The number of aliphatic hydroxyl groups is 1. The summed E-state index contributed by atoms with van der Waals surface area (Å²) in [6.07, 6.45) is 1.44. The maximum absolute atomic E-state index is 10.7. The van der Waals surface area contributed by atoms with Gasteiger partial charge in [-0.25, -0.2) is 4.68 Å². The fourth-order valence-corrected chi connectivity index (χ4v) is 1.80. The Bertz CT molecular complexity index is 374. The van der Waals surface area contributed by atoms with Crippen LogP contribution in [0.3, 0.4) is 0 Å². The average Bonchev–Trinajstić information content (AvgIpc) is 2.60. The van der Waals surface area contributed by atoms with Crippen LogP contribution in [0.25, 0.3) is 0 Å². The predicted molar refractivity (Wildman–Crippen MR) is 61.8 cm³/mol. The van der Waals surface area contributed by atoms with Crippen molar-refractivity contribution < 1.29 is 15.0 Å². The molecule has 1 aromatic rings. The van der Waals surface area contributed by atoms with Crippen LogP contribution in [0, 0.1) is 0 Å². The molecule has 1 heterocycles. The van der Waals surface area contributed by atoms with Crippen LogP contribution >= 0.6 is 0 Å². The Balaban J connectivity index is 2.82. The quantitative estimate of drug-likeness (QED) is 0.689. The van der Waals surface area contributed by atoms with Gasteiger partial charge in [0.15, 0.2) is 0 Å². The second kappa shape index (κ2) is 6.34. The first kappa shape index (κ1) is 13.6. The molecule has 6 heteroatoms. The topological polar surface area (TPSA) is 88.2 Å². The van der Waals surface area contributed by atoms with Crippen LogP contribution in [0.1, 0.15) is 44.0 Å². The molecule has 96 valence electrons. The number of carboxylic acids is 1. The van der Waals surface area contributed by atoms with Crippen LogP contribution in [-0.2, 0) is 17.8 Å². The Kier molecular flexibility index (Phi) is 5.09. The zero-order valence-electron chi connectivity index (χ0n) is 10.3. The van der Waals surface area contributed by atoms with E-state index in [-0.39, 0.29) is 18.9 Å². The molecule has 0 fully saturated rings. The predicted octanol–water partition coefficient (Wildman–Crippen LogP) is 0.801. The molecular weight excluding hydrogens is 222 g/mol. The van der Waals surface area contributed by atoms with Gasteiger partial charge in [-0.2, -0.15) is 0 Å². The first-order chi connectivity index (χ1) is 8.06. The van der Waals surface area contributed by atoms with E-state index in [9.17, 15) is 4.79 Å². The molecule has 0 bridgehead atoms. The third-order valence-electron chi connectivity index (χ3n) is 2.49. The van der Waals surface area contributed by atoms with Crippen molar-refractivity contribution >= 4 is 5.97 Å². The van der Waals surface area contributed by atoms with Gasteiger partial charge >= 0.3 is 5.97 Å². The summed E-state index contributed by atoms with van der Waals surface area (Å²) in [6, 6.07) is 0. The van der Waals surface area contributed by atoms with E-state index in [0.717, 1.165) is 12.1 Å². The number of hydrogen-bond acceptors (Lipinski definition) is 4. The van der Waals surface area contributed by atoms with E-state index in [0.29, 0.717) is 18.7 Å². The molecule has 0 unspecified atom stereocenters. The second-order valence-electron chi connectivity index (χ2n) is 4.30. The lowest BCUT2D eigenvalue weighted by Gasteiger charge is -2.10. The third-order valence-corrected chi connectivity index (χ3v) is 2.49. The van der Waals surface area contributed by atoms with Gasteiger partial charge in [0.25, 0.3) is 0 Å². The molecule has 0 aliphatic heterocycles. The van der Waals surface area contributed by atoms with Crippen molar-refractivity contribution in [2.75, 3.05) is 6.61 Å². The van der Waals surface area contributed by atoms with Crippen molar-refractivity contribution in [3.63, 3.8) is 0 Å². The molecule has 0 saturated carbocycles. The second-order valence-corrected chi connectivity index (χ2v) is 4.30. The summed E-state index contributed by atoms with van der Waals surface area (Å²) < 4.78 is 1.75. The molecule has 0 radical (unpaired) electrons. The molecule has 0 aliphatic carbocycles. The molecule has 1 rings (SSSR count). The van der Waals surface area contributed by atoms with Crippen molar-refractivity contribution in [3.05, 3.63) is 11.4 Å². The SMILES string of the molecule is CC(C)c1c(CC(=O)O)nnn1CCCCO. The van der Waals surface area contributed by atoms with Crippen molar-refractivity contribution in [1.82, 2.24) is 15.0 Å². The lowest BCUT2D eigenvalue weighted by Crippen LogP contribution is -2.10. The van der Waals surface area contributed by atoms with Crippen LogP contribution < -0.4 is 0 Å². The fourth-order valence-electron chi connectivity index (χ4n) is 1.80. The zero-order valence-corrected chi connectivity index (χ0v) is 10.3. The number of aryl methyl sites for hydroxylation is 1. The van der Waals surface area contributed by atoms with Gasteiger partial charge in [0.05, 0.1) is 17.8 Å². The molecule has 0 aromatic carbocycles. The molecule has 0 aliphatic rings. The highest BCUT2D eigenvalue weighted by Crippen LogP contribution is 2.18. The van der Waals surface area contributed by atoms with Crippen LogP contribution in [0.5, 0.6) is 0 Å². The molecule has 0 saturated heterocycles. The Morgan fingerprint density at radius 3 is 2.65 bits per heavy atom. The van der Waals surface area contributed by atoms with E-state index < -0.39 is 5.97 Å². The lowest BCUT2D eigenvalue weighted by atomic mass is 10.1. The van der Waals surface area contributed by atoms with Crippen molar-refractivity contribution in [2.24, 2.45) is 0 Å². The van der Waals surface area contributed by atoms with Gasteiger partial charge in [0.2, 0.25) is 0 Å². The summed E-state index contributed by atoms with van der Waals surface area (Å²) in [5, 5.41) is 25.4. The Hall–Kier alpha value is -1.43. The van der Waals surface area contributed by atoms with Gasteiger partial charge in [-0.05, 0) is 18.8 Å². The number of aliphatic hydroxyl groups excluding tert-OH is 1. The number of aromatic nitrogens is 3. The van der Waals surface area contributed by atoms with Crippen LogP contribution in [0.4, 0.5) is 0 Å². The first-order valence-corrected chi connectivity index (χ1v) is 5.81. The van der Waals surface area contributed by atoms with E-state index in [1.807, 2.05) is 13.8 Å². The number of hydrogen-bond donors (Lipinski definition) is 2. The highest BCUT2D eigenvalue weighted by Gasteiger charge is 2.17. The van der Waals surface area contributed by atoms with Gasteiger partial charge in [0, 0.05) is 13.2 Å². The van der Waals surface area contributed by atoms with E-state index in [4.69, 9.17) is 10.2 Å². The minimum atomic E-state index is -0.894. The van der Waals surface area contributed by atoms with E-state index in [1.54, 1.807) is 4.68 Å². The molecule has 0 amide bonds. The summed E-state index contributed by atoms with van der Waals surface area (Å²) in [5.74, 6) is -0.706. The van der Waals surface area contributed by atoms with Gasteiger partial charge < -0.3 is 10.2 Å².